The zero-order valence-electron chi connectivity index (χ0n) is 12.1. The molecular formula is C15H13F4N3O2. The third kappa shape index (κ3) is 4.92. The van der Waals surface area contributed by atoms with Crippen LogP contribution in [0.2, 0.25) is 0 Å². The number of nitrogens with one attached hydrogen (secondary N) is 2. The van der Waals surface area contributed by atoms with E-state index < -0.39 is 29.8 Å². The van der Waals surface area contributed by atoms with Gasteiger partial charge in [-0.25, -0.2) is 14.2 Å². The van der Waals surface area contributed by atoms with Crippen molar-refractivity contribution in [1.29, 1.82) is 0 Å². The summed E-state index contributed by atoms with van der Waals surface area (Å²) in [6.07, 6.45) is -4.74. The molecule has 24 heavy (non-hydrogen) atoms. The molecule has 0 aliphatic rings. The summed E-state index contributed by atoms with van der Waals surface area (Å²) < 4.78 is 49.9. The molecule has 2 rings (SSSR count). The molecule has 0 fully saturated rings. The van der Waals surface area contributed by atoms with E-state index in [9.17, 15) is 27.5 Å². The van der Waals surface area contributed by atoms with Crippen molar-refractivity contribution in [2.45, 2.75) is 12.3 Å². The topological polar surface area (TPSA) is 74.2 Å². The quantitative estimate of drug-likeness (QED) is 0.747. The van der Waals surface area contributed by atoms with E-state index in [2.05, 4.69) is 15.6 Å². The Hall–Kier alpha value is -2.68. The van der Waals surface area contributed by atoms with Crippen LogP contribution >= 0.6 is 0 Å². The minimum Gasteiger partial charge on any atom is -0.387 e. The van der Waals surface area contributed by atoms with Crippen LogP contribution in [0.5, 0.6) is 0 Å². The summed E-state index contributed by atoms with van der Waals surface area (Å²) in [5.74, 6) is -0.452. The number of hydrogen-bond acceptors (Lipinski definition) is 3. The van der Waals surface area contributed by atoms with Crippen LogP contribution in [0.1, 0.15) is 17.4 Å². The molecule has 1 aromatic heterocycles. The second kappa shape index (κ2) is 7.26. The lowest BCUT2D eigenvalue weighted by Gasteiger charge is -2.13. The predicted octanol–water partition coefficient (Wildman–Crippen LogP) is 3.09. The van der Waals surface area contributed by atoms with E-state index in [4.69, 9.17) is 0 Å². The number of aliphatic hydroxyl groups is 1. The van der Waals surface area contributed by atoms with Crippen LogP contribution in [-0.4, -0.2) is 22.7 Å². The first-order valence-electron chi connectivity index (χ1n) is 6.77. The molecule has 0 radical (unpaired) electrons. The van der Waals surface area contributed by atoms with E-state index in [0.717, 1.165) is 18.3 Å². The van der Waals surface area contributed by atoms with Gasteiger partial charge in [0.05, 0.1) is 18.0 Å². The minimum absolute atomic E-state index is 0.0665. The number of nitrogens with zero attached hydrogens (tertiary/aromatic N) is 1. The Morgan fingerprint density at radius 2 is 1.83 bits per heavy atom. The Labute approximate surface area is 134 Å². The maximum Gasteiger partial charge on any atom is 0.433 e. The van der Waals surface area contributed by atoms with Crippen molar-refractivity contribution in [3.63, 3.8) is 0 Å². The smallest absolute Gasteiger partial charge is 0.387 e. The molecule has 128 valence electrons. The van der Waals surface area contributed by atoms with Crippen LogP contribution in [0.25, 0.3) is 0 Å². The number of pyridine rings is 1. The van der Waals surface area contributed by atoms with Gasteiger partial charge in [-0.1, -0.05) is 12.1 Å². The lowest BCUT2D eigenvalue weighted by Crippen LogP contribution is -2.32. The fraction of sp³-hybridized carbons (Fsp3) is 0.200. The van der Waals surface area contributed by atoms with Gasteiger partial charge in [-0.15, -0.1) is 0 Å². The maximum absolute atomic E-state index is 12.8. The number of rotatable bonds is 4. The first-order chi connectivity index (χ1) is 11.3. The molecule has 0 saturated heterocycles. The van der Waals surface area contributed by atoms with Crippen LogP contribution < -0.4 is 10.6 Å². The van der Waals surface area contributed by atoms with E-state index >= 15 is 0 Å². The Morgan fingerprint density at radius 1 is 1.17 bits per heavy atom. The summed E-state index contributed by atoms with van der Waals surface area (Å²) in [6, 6.07) is 6.17. The highest BCUT2D eigenvalue weighted by molar-refractivity contribution is 5.89. The fourth-order valence-corrected chi connectivity index (χ4v) is 1.80. The minimum atomic E-state index is -4.56. The number of aromatic nitrogens is 1. The van der Waals surface area contributed by atoms with Crippen LogP contribution in [0.3, 0.4) is 0 Å². The molecule has 1 aromatic carbocycles. The van der Waals surface area contributed by atoms with Gasteiger partial charge >= 0.3 is 12.2 Å². The zero-order valence-corrected chi connectivity index (χ0v) is 12.1. The van der Waals surface area contributed by atoms with Gasteiger partial charge < -0.3 is 15.7 Å². The number of halogens is 4. The number of alkyl halides is 3. The standard InChI is InChI=1S/C15H13F4N3O2/c16-10-3-1-9(2-4-10)12(23)8-21-14(24)22-11-5-6-13(20-7-11)15(17,18)19/h1-7,12,23H,8H2,(H2,21,22,24). The summed E-state index contributed by atoms with van der Waals surface area (Å²) in [6.45, 7) is -0.161. The van der Waals surface area contributed by atoms with Crippen LogP contribution in [0.15, 0.2) is 42.6 Å². The van der Waals surface area contributed by atoms with Crippen LogP contribution in [-0.2, 0) is 6.18 Å². The molecule has 1 atom stereocenters. The highest BCUT2D eigenvalue weighted by Crippen LogP contribution is 2.27. The SMILES string of the molecule is O=C(NCC(O)c1ccc(F)cc1)Nc1ccc(C(F)(F)F)nc1. The molecule has 0 spiro atoms. The number of aliphatic hydroxyl groups excluding tert-OH is 1. The van der Waals surface area contributed by atoms with Gasteiger partial charge in [0.1, 0.15) is 11.5 Å². The Morgan fingerprint density at radius 3 is 2.38 bits per heavy atom. The van der Waals surface area contributed by atoms with Crippen molar-refractivity contribution in [2.75, 3.05) is 11.9 Å². The van der Waals surface area contributed by atoms with Crippen LogP contribution in [0.4, 0.5) is 28.0 Å². The summed E-state index contributed by atoms with van der Waals surface area (Å²) in [4.78, 5) is 14.8. The molecule has 0 aliphatic carbocycles. The molecule has 0 bridgehead atoms. The largest absolute Gasteiger partial charge is 0.433 e. The van der Waals surface area contributed by atoms with Crippen molar-refractivity contribution < 1.29 is 27.5 Å². The van der Waals surface area contributed by atoms with Gasteiger partial charge in [0.2, 0.25) is 0 Å². The van der Waals surface area contributed by atoms with Gasteiger partial charge in [-0.2, -0.15) is 13.2 Å². The first-order valence-corrected chi connectivity index (χ1v) is 6.77. The number of benzene rings is 1. The summed E-state index contributed by atoms with van der Waals surface area (Å²) >= 11 is 0. The number of hydrogen-bond donors (Lipinski definition) is 3. The molecule has 2 amide bonds. The highest BCUT2D eigenvalue weighted by atomic mass is 19.4. The van der Waals surface area contributed by atoms with Crippen molar-refractivity contribution in [3.05, 3.63) is 59.7 Å². The predicted molar refractivity (Wildman–Crippen MR) is 77.6 cm³/mol. The summed E-state index contributed by atoms with van der Waals surface area (Å²) in [5.41, 5.74) is -0.593. The Kier molecular flexibility index (Phi) is 5.35. The van der Waals surface area contributed by atoms with E-state index in [1.807, 2.05) is 0 Å². The van der Waals surface area contributed by atoms with E-state index in [0.29, 0.717) is 5.56 Å². The van der Waals surface area contributed by atoms with E-state index in [-0.39, 0.29) is 12.2 Å². The Bertz CT molecular complexity index is 687. The molecular weight excluding hydrogens is 330 g/mol. The van der Waals surface area contributed by atoms with Crippen molar-refractivity contribution in [3.8, 4) is 0 Å². The lowest BCUT2D eigenvalue weighted by molar-refractivity contribution is -0.141. The second-order valence-electron chi connectivity index (χ2n) is 4.83. The number of carbonyl (C=O) groups excluding carboxylic acids is 1. The van der Waals surface area contributed by atoms with Gasteiger partial charge in [0.15, 0.2) is 0 Å². The normalized spacial score (nSPS) is 12.5. The lowest BCUT2D eigenvalue weighted by atomic mass is 10.1. The summed E-state index contributed by atoms with van der Waals surface area (Å²) in [7, 11) is 0. The molecule has 9 heteroatoms. The maximum atomic E-state index is 12.8. The third-order valence-corrected chi connectivity index (χ3v) is 3.02. The summed E-state index contributed by atoms with van der Waals surface area (Å²) in [5, 5.41) is 14.5. The van der Waals surface area contributed by atoms with E-state index in [1.54, 1.807) is 0 Å². The van der Waals surface area contributed by atoms with Gasteiger partial charge in [0.25, 0.3) is 0 Å². The average Bonchev–Trinajstić information content (AvgIpc) is 2.53. The number of amides is 2. The molecule has 2 aromatic rings. The molecule has 5 nitrogen and oxygen atoms in total. The van der Waals surface area contributed by atoms with Crippen LogP contribution in [0, 0.1) is 5.82 Å². The molecule has 0 aliphatic heterocycles. The number of urea groups is 1. The van der Waals surface area contributed by atoms with Crippen molar-refractivity contribution in [2.24, 2.45) is 0 Å². The van der Waals surface area contributed by atoms with Crippen molar-refractivity contribution in [1.82, 2.24) is 10.3 Å². The second-order valence-corrected chi connectivity index (χ2v) is 4.83. The van der Waals surface area contributed by atoms with Gasteiger partial charge in [-0.05, 0) is 29.8 Å². The Balaban J connectivity index is 1.86. The van der Waals surface area contributed by atoms with E-state index in [1.165, 1.54) is 24.3 Å². The fourth-order valence-electron chi connectivity index (χ4n) is 1.80. The van der Waals surface area contributed by atoms with Crippen molar-refractivity contribution >= 4 is 11.7 Å². The molecule has 1 unspecified atom stereocenters. The van der Waals surface area contributed by atoms with Gasteiger partial charge in [0, 0.05) is 6.54 Å². The monoisotopic (exact) mass is 343 g/mol. The number of anilines is 1. The zero-order chi connectivity index (χ0) is 17.7. The molecule has 1 heterocycles. The molecule has 0 saturated carbocycles. The van der Waals surface area contributed by atoms with Gasteiger partial charge in [-0.3, -0.25) is 0 Å². The highest BCUT2D eigenvalue weighted by Gasteiger charge is 2.32. The molecule has 3 N–H and O–H groups in total. The number of carbonyl (C=O) groups is 1. The third-order valence-electron chi connectivity index (χ3n) is 3.02. The average molecular weight is 343 g/mol. The first kappa shape index (κ1) is 17.7.